The van der Waals surface area contributed by atoms with Gasteiger partial charge in [0.05, 0.1) is 0 Å². The Bertz CT molecular complexity index is 50.0. The van der Waals surface area contributed by atoms with Crippen molar-refractivity contribution in [1.82, 2.24) is 0 Å². The molecule has 35 valence electrons. The minimum Gasteiger partial charge on any atom is -0.0620 e. The molecule has 0 nitrogen and oxygen atoms in total. The molecular formula is C5H11Si. The third kappa shape index (κ3) is 1.13. The third-order valence-electron chi connectivity index (χ3n) is 1.21. The normalized spacial score (nSPS) is 29.7. The first kappa shape index (κ1) is 3.25. The molecule has 0 aromatic heterocycles. The van der Waals surface area contributed by atoms with Crippen molar-refractivity contribution in [3.05, 3.63) is 0 Å². The lowest BCUT2D eigenvalue weighted by molar-refractivity contribution is 0.734. The lowest BCUT2D eigenvalue weighted by Gasteiger charge is -2.04. The van der Waals surface area contributed by atoms with E-state index >= 15 is 0 Å². The van der Waals surface area contributed by atoms with Gasteiger partial charge in [0.2, 0.25) is 0 Å². The van der Waals surface area contributed by atoms with Crippen molar-refractivity contribution in [3.8, 4) is 0 Å². The molecule has 1 rings (SSSR count). The van der Waals surface area contributed by atoms with Crippen LogP contribution in [-0.2, 0) is 0 Å². The highest BCUT2D eigenvalue weighted by Crippen LogP contribution is 2.10. The van der Waals surface area contributed by atoms with Crippen molar-refractivity contribution in [1.29, 1.82) is 1.23 Å². The smallest absolute Gasteiger partial charge is 0.0280 e. The SMILES string of the molecule is [2H][Si]1CCCCC1. The summed E-state index contributed by atoms with van der Waals surface area (Å²) < 4.78 is 7.37. The average Bonchev–Trinajstić information content (AvgIpc) is 1.69. The Morgan fingerprint density at radius 1 is 1.17 bits per heavy atom. The molecule has 1 heteroatoms. The van der Waals surface area contributed by atoms with Gasteiger partial charge in [0.15, 0.2) is 0 Å². The van der Waals surface area contributed by atoms with Gasteiger partial charge in [-0.3, -0.25) is 0 Å². The molecule has 0 aliphatic carbocycles. The fourth-order valence-corrected chi connectivity index (χ4v) is 2.05. The Morgan fingerprint density at radius 2 is 1.83 bits per heavy atom. The van der Waals surface area contributed by atoms with Gasteiger partial charge in [-0.05, 0) is 0 Å². The highest BCUT2D eigenvalue weighted by atomic mass is 28.2. The molecule has 0 amide bonds. The minimum atomic E-state index is -0.543. The Labute approximate surface area is 43.0 Å². The maximum Gasteiger partial charge on any atom is 0.0280 e. The molecule has 0 bridgehead atoms. The Balaban J connectivity index is 2.12. The quantitative estimate of drug-likeness (QED) is 0.404. The first-order valence-corrected chi connectivity index (χ1v) is 4.12. The minimum absolute atomic E-state index is 0.543. The fourth-order valence-electron chi connectivity index (χ4n) is 0.802. The van der Waals surface area contributed by atoms with Crippen molar-refractivity contribution < 1.29 is 0 Å². The van der Waals surface area contributed by atoms with Crippen molar-refractivity contribution in [2.24, 2.45) is 0 Å². The fraction of sp³-hybridized carbons (Fsp3) is 1.00. The summed E-state index contributed by atoms with van der Waals surface area (Å²) >= 11 is 0. The van der Waals surface area contributed by atoms with Crippen LogP contribution in [0.5, 0.6) is 0 Å². The van der Waals surface area contributed by atoms with Gasteiger partial charge in [0.1, 0.15) is 0 Å². The van der Waals surface area contributed by atoms with Crippen LogP contribution in [0.3, 0.4) is 0 Å². The molecular weight excluding hydrogens is 88.1 g/mol. The molecule has 1 aliphatic rings. The predicted octanol–water partition coefficient (Wildman–Crippen LogP) is 1.44. The first-order chi connectivity index (χ1) is 3.39. The van der Waals surface area contributed by atoms with Crippen LogP contribution in [0.25, 0.3) is 0 Å². The molecule has 6 heavy (non-hydrogen) atoms. The van der Waals surface area contributed by atoms with Crippen LogP contribution in [0.4, 0.5) is 0 Å². The van der Waals surface area contributed by atoms with Gasteiger partial charge in [-0.2, -0.15) is 0 Å². The predicted molar refractivity (Wildman–Crippen MR) is 30.6 cm³/mol. The summed E-state index contributed by atoms with van der Waals surface area (Å²) in [6.45, 7) is 0. The van der Waals surface area contributed by atoms with Crippen molar-refractivity contribution >= 4 is 9.45 Å². The highest BCUT2D eigenvalue weighted by Gasteiger charge is 1.96. The summed E-state index contributed by atoms with van der Waals surface area (Å²) in [5.74, 6) is 0. The summed E-state index contributed by atoms with van der Waals surface area (Å²) in [7, 11) is -0.543. The molecule has 1 fully saturated rings. The highest BCUT2D eigenvalue weighted by molar-refractivity contribution is 6.35. The molecule has 0 aromatic rings. The molecule has 0 unspecified atom stereocenters. The molecule has 0 atom stereocenters. The van der Waals surface area contributed by atoms with Gasteiger partial charge in [0.25, 0.3) is 0 Å². The van der Waals surface area contributed by atoms with E-state index in [0.717, 1.165) is 0 Å². The van der Waals surface area contributed by atoms with E-state index < -0.39 is 9.45 Å². The van der Waals surface area contributed by atoms with Crippen molar-refractivity contribution in [2.75, 3.05) is 0 Å². The summed E-state index contributed by atoms with van der Waals surface area (Å²) in [5.41, 5.74) is 0. The Kier molecular flexibility index (Phi) is 1.30. The molecule has 0 spiro atoms. The Hall–Kier alpha value is 0.217. The van der Waals surface area contributed by atoms with Gasteiger partial charge >= 0.3 is 0 Å². The van der Waals surface area contributed by atoms with Gasteiger partial charge in [-0.25, -0.2) is 0 Å². The largest absolute Gasteiger partial charge is 0.0620 e. The van der Waals surface area contributed by atoms with Gasteiger partial charge < -0.3 is 0 Å². The molecule has 1 saturated heterocycles. The molecule has 0 aromatic carbocycles. The van der Waals surface area contributed by atoms with E-state index in [4.69, 9.17) is 1.23 Å². The van der Waals surface area contributed by atoms with Crippen molar-refractivity contribution in [3.63, 3.8) is 0 Å². The maximum atomic E-state index is 7.37. The number of hydrogen-bond acceptors (Lipinski definition) is 0. The number of hydrogen-bond donors (Lipinski definition) is 0. The second-order valence-electron chi connectivity index (χ2n) is 1.81. The van der Waals surface area contributed by atoms with Crippen LogP contribution in [-0.4, -0.2) is 10.7 Å². The van der Waals surface area contributed by atoms with Gasteiger partial charge in [-0.1, -0.05) is 31.4 Å². The van der Waals surface area contributed by atoms with Crippen LogP contribution in [0.1, 0.15) is 19.3 Å². The standard InChI is InChI=1S/C5H11Si/c1-2-4-6-5-3-1/h6H,1-5H2/i6D. The van der Waals surface area contributed by atoms with Gasteiger partial charge in [0, 0.05) is 10.7 Å². The summed E-state index contributed by atoms with van der Waals surface area (Å²) in [6, 6.07) is 2.51. The van der Waals surface area contributed by atoms with E-state index in [1.54, 1.807) is 0 Å². The second kappa shape index (κ2) is 2.40. The van der Waals surface area contributed by atoms with Crippen LogP contribution < -0.4 is 0 Å². The van der Waals surface area contributed by atoms with E-state index in [0.29, 0.717) is 0 Å². The topological polar surface area (TPSA) is 0 Å². The molecule has 0 saturated carbocycles. The van der Waals surface area contributed by atoms with Crippen molar-refractivity contribution in [2.45, 2.75) is 31.4 Å². The van der Waals surface area contributed by atoms with Crippen LogP contribution in [0, 0.1) is 0 Å². The zero-order valence-corrected chi connectivity index (χ0v) is 5.04. The monoisotopic (exact) mass is 100 g/mol. The third-order valence-corrected chi connectivity index (χ3v) is 2.62. The lowest BCUT2D eigenvalue weighted by atomic mass is 10.3. The van der Waals surface area contributed by atoms with Crippen LogP contribution >= 0.6 is 0 Å². The summed E-state index contributed by atoms with van der Waals surface area (Å²) in [6.07, 6.45) is 4.09. The first-order valence-electron chi connectivity index (χ1n) is 3.21. The molecule has 1 heterocycles. The van der Waals surface area contributed by atoms with Crippen LogP contribution in [0.2, 0.25) is 12.1 Å². The van der Waals surface area contributed by atoms with E-state index in [9.17, 15) is 0 Å². The average molecular weight is 100 g/mol. The molecule has 0 N–H and O–H groups in total. The Morgan fingerprint density at radius 3 is 2.17 bits per heavy atom. The van der Waals surface area contributed by atoms with E-state index in [-0.39, 0.29) is 0 Å². The van der Waals surface area contributed by atoms with E-state index in [1.165, 1.54) is 31.4 Å². The van der Waals surface area contributed by atoms with E-state index in [2.05, 4.69) is 0 Å². The second-order valence-corrected chi connectivity index (χ2v) is 3.31. The van der Waals surface area contributed by atoms with Crippen LogP contribution in [0.15, 0.2) is 0 Å². The molecule has 1 radical (unpaired) electrons. The zero-order chi connectivity index (χ0) is 5.11. The summed E-state index contributed by atoms with van der Waals surface area (Å²) in [4.78, 5) is 0. The lowest BCUT2D eigenvalue weighted by Crippen LogP contribution is -1.94. The summed E-state index contributed by atoms with van der Waals surface area (Å²) in [5, 5.41) is 0. The van der Waals surface area contributed by atoms with Gasteiger partial charge in [-0.15, -0.1) is 0 Å². The zero-order valence-electron chi connectivity index (χ0n) is 5.04. The van der Waals surface area contributed by atoms with E-state index in [1.807, 2.05) is 0 Å². The molecule has 1 aliphatic heterocycles. The maximum absolute atomic E-state index is 7.37. The number of rotatable bonds is 0.